The quantitative estimate of drug-likeness (QED) is 0.626. The van der Waals surface area contributed by atoms with Crippen LogP contribution in [0.25, 0.3) is 10.9 Å². The molecule has 0 saturated carbocycles. The molecule has 16 heavy (non-hydrogen) atoms. The van der Waals surface area contributed by atoms with Crippen molar-refractivity contribution < 1.29 is 9.53 Å². The first-order chi connectivity index (χ1) is 7.67. The number of hydrogen-bond donors (Lipinski definition) is 0. The number of ether oxygens (including phenoxy) is 1. The van der Waals surface area contributed by atoms with Crippen LogP contribution < -0.4 is 0 Å². The SMILES string of the molecule is COC(=O)c1cc2ccc(CBr)cc2n1C. The van der Waals surface area contributed by atoms with Crippen LogP contribution in [-0.2, 0) is 17.1 Å². The topological polar surface area (TPSA) is 31.2 Å². The molecule has 0 amide bonds. The molecule has 0 bridgehead atoms. The number of carbonyl (C=O) groups excluding carboxylic acids is 1. The Morgan fingerprint density at radius 2 is 2.19 bits per heavy atom. The molecule has 0 radical (unpaired) electrons. The van der Waals surface area contributed by atoms with Crippen molar-refractivity contribution in [3.63, 3.8) is 0 Å². The number of hydrogen-bond acceptors (Lipinski definition) is 2. The van der Waals surface area contributed by atoms with Crippen LogP contribution in [0.15, 0.2) is 24.3 Å². The lowest BCUT2D eigenvalue weighted by atomic mass is 10.2. The molecule has 2 aromatic rings. The fraction of sp³-hybridized carbons (Fsp3) is 0.250. The summed E-state index contributed by atoms with van der Waals surface area (Å²) in [5.74, 6) is -0.306. The summed E-state index contributed by atoms with van der Waals surface area (Å²) < 4.78 is 6.59. The van der Waals surface area contributed by atoms with Crippen molar-refractivity contribution in [1.82, 2.24) is 4.57 Å². The van der Waals surface area contributed by atoms with Crippen LogP contribution in [0, 0.1) is 0 Å². The highest BCUT2D eigenvalue weighted by Gasteiger charge is 2.13. The monoisotopic (exact) mass is 281 g/mol. The number of aromatic nitrogens is 1. The second-order valence-electron chi connectivity index (χ2n) is 3.61. The van der Waals surface area contributed by atoms with E-state index in [4.69, 9.17) is 4.74 Å². The number of esters is 1. The Morgan fingerprint density at radius 1 is 1.44 bits per heavy atom. The third-order valence-electron chi connectivity index (χ3n) is 2.66. The number of aryl methyl sites for hydroxylation is 1. The van der Waals surface area contributed by atoms with Crippen LogP contribution in [0.3, 0.4) is 0 Å². The minimum Gasteiger partial charge on any atom is -0.464 e. The lowest BCUT2D eigenvalue weighted by molar-refractivity contribution is 0.0590. The van der Waals surface area contributed by atoms with Crippen LogP contribution in [0.1, 0.15) is 16.1 Å². The molecule has 0 N–H and O–H groups in total. The number of fused-ring (bicyclic) bond motifs is 1. The van der Waals surface area contributed by atoms with Gasteiger partial charge in [-0.1, -0.05) is 28.1 Å². The fourth-order valence-electron chi connectivity index (χ4n) is 1.76. The van der Waals surface area contributed by atoms with E-state index in [1.165, 1.54) is 12.7 Å². The maximum Gasteiger partial charge on any atom is 0.354 e. The normalized spacial score (nSPS) is 10.7. The number of methoxy groups -OCH3 is 1. The van der Waals surface area contributed by atoms with E-state index in [9.17, 15) is 4.79 Å². The Bertz CT molecular complexity index is 545. The Balaban J connectivity index is 2.64. The summed E-state index contributed by atoms with van der Waals surface area (Å²) >= 11 is 3.42. The average molecular weight is 282 g/mol. The van der Waals surface area contributed by atoms with E-state index < -0.39 is 0 Å². The zero-order valence-corrected chi connectivity index (χ0v) is 10.7. The van der Waals surface area contributed by atoms with Gasteiger partial charge in [0, 0.05) is 23.3 Å². The lowest BCUT2D eigenvalue weighted by Gasteiger charge is -2.02. The van der Waals surface area contributed by atoms with Crippen molar-refractivity contribution in [2.45, 2.75) is 5.33 Å². The zero-order chi connectivity index (χ0) is 11.7. The van der Waals surface area contributed by atoms with Gasteiger partial charge in [-0.3, -0.25) is 0 Å². The van der Waals surface area contributed by atoms with Crippen molar-refractivity contribution in [1.29, 1.82) is 0 Å². The molecule has 0 saturated heterocycles. The zero-order valence-electron chi connectivity index (χ0n) is 9.16. The number of rotatable bonds is 2. The molecule has 2 rings (SSSR count). The average Bonchev–Trinajstić information content (AvgIpc) is 2.65. The van der Waals surface area contributed by atoms with E-state index in [1.54, 1.807) is 0 Å². The summed E-state index contributed by atoms with van der Waals surface area (Å²) in [6, 6.07) is 7.96. The Kier molecular flexibility index (Phi) is 3.01. The molecule has 3 nitrogen and oxygen atoms in total. The van der Waals surface area contributed by atoms with Gasteiger partial charge in [-0.15, -0.1) is 0 Å². The minimum atomic E-state index is -0.306. The van der Waals surface area contributed by atoms with E-state index in [-0.39, 0.29) is 5.97 Å². The van der Waals surface area contributed by atoms with Crippen LogP contribution in [0.2, 0.25) is 0 Å². The summed E-state index contributed by atoms with van der Waals surface area (Å²) in [4.78, 5) is 11.5. The molecule has 0 aliphatic carbocycles. The highest BCUT2D eigenvalue weighted by Crippen LogP contribution is 2.21. The number of halogens is 1. The highest BCUT2D eigenvalue weighted by atomic mass is 79.9. The highest BCUT2D eigenvalue weighted by molar-refractivity contribution is 9.08. The fourth-order valence-corrected chi connectivity index (χ4v) is 2.11. The first-order valence-corrected chi connectivity index (χ1v) is 6.02. The largest absolute Gasteiger partial charge is 0.464 e. The van der Waals surface area contributed by atoms with E-state index in [1.807, 2.05) is 29.8 Å². The molecular weight excluding hydrogens is 270 g/mol. The van der Waals surface area contributed by atoms with Gasteiger partial charge in [0.1, 0.15) is 5.69 Å². The number of benzene rings is 1. The van der Waals surface area contributed by atoms with Gasteiger partial charge in [-0.25, -0.2) is 4.79 Å². The second kappa shape index (κ2) is 4.29. The van der Waals surface area contributed by atoms with Crippen LogP contribution in [0.5, 0.6) is 0 Å². The van der Waals surface area contributed by atoms with Gasteiger partial charge in [0.05, 0.1) is 7.11 Å². The standard InChI is InChI=1S/C12H12BrNO2/c1-14-10-5-8(7-13)3-4-9(10)6-11(14)12(15)16-2/h3-6H,7H2,1-2H3. The van der Waals surface area contributed by atoms with Gasteiger partial charge in [0.2, 0.25) is 0 Å². The number of carbonyl (C=O) groups is 1. The summed E-state index contributed by atoms with van der Waals surface area (Å²) in [6.07, 6.45) is 0. The molecule has 0 aliphatic heterocycles. The molecule has 4 heteroatoms. The van der Waals surface area contributed by atoms with E-state index in [2.05, 4.69) is 22.0 Å². The van der Waals surface area contributed by atoms with E-state index in [0.717, 1.165) is 16.2 Å². The van der Waals surface area contributed by atoms with Crippen molar-refractivity contribution >= 4 is 32.8 Å². The molecule has 1 aromatic carbocycles. The van der Waals surface area contributed by atoms with Crippen LogP contribution >= 0.6 is 15.9 Å². The molecule has 0 aliphatic rings. The summed E-state index contributed by atoms with van der Waals surface area (Å²) in [5.41, 5.74) is 2.80. The third-order valence-corrected chi connectivity index (χ3v) is 3.31. The van der Waals surface area contributed by atoms with E-state index >= 15 is 0 Å². The second-order valence-corrected chi connectivity index (χ2v) is 4.17. The summed E-state index contributed by atoms with van der Waals surface area (Å²) in [7, 11) is 3.26. The maximum atomic E-state index is 11.5. The van der Waals surface area contributed by atoms with Crippen molar-refractivity contribution in [3.05, 3.63) is 35.5 Å². The summed E-state index contributed by atoms with van der Waals surface area (Å²) in [5, 5.41) is 1.86. The number of nitrogens with zero attached hydrogens (tertiary/aromatic N) is 1. The molecule has 0 spiro atoms. The predicted octanol–water partition coefficient (Wildman–Crippen LogP) is 2.86. The van der Waals surface area contributed by atoms with Crippen LogP contribution in [0.4, 0.5) is 0 Å². The predicted molar refractivity (Wildman–Crippen MR) is 66.9 cm³/mol. The lowest BCUT2D eigenvalue weighted by Crippen LogP contribution is -2.06. The van der Waals surface area contributed by atoms with Crippen molar-refractivity contribution in [3.8, 4) is 0 Å². The van der Waals surface area contributed by atoms with Crippen molar-refractivity contribution in [2.24, 2.45) is 7.05 Å². The summed E-state index contributed by atoms with van der Waals surface area (Å²) in [6.45, 7) is 0. The van der Waals surface area contributed by atoms with Crippen molar-refractivity contribution in [2.75, 3.05) is 7.11 Å². The Labute approximate surface area is 102 Å². The Hall–Kier alpha value is -1.29. The molecule has 84 valence electrons. The third kappa shape index (κ3) is 1.73. The van der Waals surface area contributed by atoms with Gasteiger partial charge >= 0.3 is 5.97 Å². The minimum absolute atomic E-state index is 0.306. The van der Waals surface area contributed by atoms with Crippen LogP contribution in [-0.4, -0.2) is 17.6 Å². The van der Waals surface area contributed by atoms with Gasteiger partial charge in [0.15, 0.2) is 0 Å². The molecule has 0 unspecified atom stereocenters. The maximum absolute atomic E-state index is 11.5. The van der Waals surface area contributed by atoms with E-state index in [0.29, 0.717) is 5.69 Å². The molecule has 1 heterocycles. The smallest absolute Gasteiger partial charge is 0.354 e. The first-order valence-electron chi connectivity index (χ1n) is 4.90. The van der Waals surface area contributed by atoms with Gasteiger partial charge in [-0.05, 0) is 17.7 Å². The molecule has 0 atom stereocenters. The molecule has 0 fully saturated rings. The molecular formula is C12H12BrNO2. The van der Waals surface area contributed by atoms with Gasteiger partial charge in [-0.2, -0.15) is 0 Å². The Morgan fingerprint density at radius 3 is 2.81 bits per heavy atom. The van der Waals surface area contributed by atoms with Gasteiger partial charge in [0.25, 0.3) is 0 Å². The van der Waals surface area contributed by atoms with Gasteiger partial charge < -0.3 is 9.30 Å². The first kappa shape index (κ1) is 11.2. The number of alkyl halides is 1. The molecule has 1 aromatic heterocycles.